The van der Waals surface area contributed by atoms with Crippen LogP contribution in [0.5, 0.6) is 5.75 Å². The summed E-state index contributed by atoms with van der Waals surface area (Å²) in [5, 5.41) is 0. The van der Waals surface area contributed by atoms with Crippen molar-refractivity contribution in [3.05, 3.63) is 83.2 Å². The minimum Gasteiger partial charge on any atom is -0.497 e. The molecular formula is C26H30FN3O2. The number of piperidine rings is 1. The number of hydrogen-bond acceptors (Lipinski definition) is 3. The topological polar surface area (TPSA) is 47.4 Å². The number of carbonyl (C=O) groups excluding carboxylic acids is 1. The van der Waals surface area contributed by atoms with Crippen molar-refractivity contribution >= 4 is 5.91 Å². The Balaban J connectivity index is 1.40. The number of methoxy groups -OCH3 is 1. The first-order chi connectivity index (χ1) is 15.5. The maximum atomic E-state index is 13.3. The fourth-order valence-corrected chi connectivity index (χ4v) is 4.45. The normalized spacial score (nSPS) is 16.2. The quantitative estimate of drug-likeness (QED) is 0.552. The second kappa shape index (κ2) is 9.98. The zero-order chi connectivity index (χ0) is 22.5. The van der Waals surface area contributed by atoms with Gasteiger partial charge in [0.15, 0.2) is 0 Å². The molecule has 1 aliphatic heterocycles. The Bertz CT molecular complexity index is 1060. The number of carbonyl (C=O) groups is 1. The van der Waals surface area contributed by atoms with E-state index in [2.05, 4.69) is 9.55 Å². The third-order valence-electron chi connectivity index (χ3n) is 6.22. The van der Waals surface area contributed by atoms with Gasteiger partial charge in [-0.1, -0.05) is 24.3 Å². The van der Waals surface area contributed by atoms with E-state index in [9.17, 15) is 9.18 Å². The smallest absolute Gasteiger partial charge is 0.227 e. The summed E-state index contributed by atoms with van der Waals surface area (Å²) in [7, 11) is 1.64. The molecule has 168 valence electrons. The molecule has 1 aliphatic rings. The standard InChI is InChI=1S/C26H30FN3O2/c1-19-16-28-25(30(19)18-20-8-10-23(27)11-9-20)14-22-6-4-12-29(17-22)26(31)15-21-5-3-7-24(13-21)32-2/h3,5,7-11,13,16,22H,4,6,12,14-15,17-18H2,1-2H3. The summed E-state index contributed by atoms with van der Waals surface area (Å²) in [6.45, 7) is 4.28. The van der Waals surface area contributed by atoms with E-state index in [1.165, 1.54) is 12.1 Å². The lowest BCUT2D eigenvalue weighted by atomic mass is 9.94. The highest BCUT2D eigenvalue weighted by Crippen LogP contribution is 2.23. The summed E-state index contributed by atoms with van der Waals surface area (Å²) in [5.41, 5.74) is 3.11. The number of hydrogen-bond donors (Lipinski definition) is 0. The third-order valence-corrected chi connectivity index (χ3v) is 6.22. The molecule has 32 heavy (non-hydrogen) atoms. The van der Waals surface area contributed by atoms with Crippen molar-refractivity contribution in [1.29, 1.82) is 0 Å². The fourth-order valence-electron chi connectivity index (χ4n) is 4.45. The Morgan fingerprint density at radius 3 is 2.78 bits per heavy atom. The molecule has 0 saturated carbocycles. The third kappa shape index (κ3) is 5.36. The van der Waals surface area contributed by atoms with Crippen molar-refractivity contribution in [3.8, 4) is 5.75 Å². The van der Waals surface area contributed by atoms with Gasteiger partial charge in [-0.25, -0.2) is 9.37 Å². The van der Waals surface area contributed by atoms with E-state index in [1.54, 1.807) is 7.11 Å². The Labute approximate surface area is 188 Å². The number of amides is 1. The number of ether oxygens (including phenoxy) is 1. The van der Waals surface area contributed by atoms with Crippen molar-refractivity contribution in [2.24, 2.45) is 5.92 Å². The van der Waals surface area contributed by atoms with Crippen molar-refractivity contribution in [1.82, 2.24) is 14.5 Å². The average molecular weight is 436 g/mol. The Kier molecular flexibility index (Phi) is 6.88. The van der Waals surface area contributed by atoms with Crippen LogP contribution in [0.4, 0.5) is 4.39 Å². The summed E-state index contributed by atoms with van der Waals surface area (Å²) >= 11 is 0. The van der Waals surface area contributed by atoms with E-state index >= 15 is 0 Å². The number of rotatable bonds is 7. The number of aryl methyl sites for hydroxylation is 1. The molecule has 0 aliphatic carbocycles. The van der Waals surface area contributed by atoms with Crippen LogP contribution in [-0.4, -0.2) is 40.6 Å². The van der Waals surface area contributed by atoms with Gasteiger partial charge in [-0.05, 0) is 61.1 Å². The lowest BCUT2D eigenvalue weighted by molar-refractivity contribution is -0.132. The number of benzene rings is 2. The van der Waals surface area contributed by atoms with Gasteiger partial charge in [0.05, 0.1) is 13.5 Å². The van der Waals surface area contributed by atoms with E-state index in [4.69, 9.17) is 4.74 Å². The molecule has 2 aromatic carbocycles. The van der Waals surface area contributed by atoms with Crippen molar-refractivity contribution < 1.29 is 13.9 Å². The van der Waals surface area contributed by atoms with Crippen LogP contribution in [0.1, 0.15) is 35.5 Å². The van der Waals surface area contributed by atoms with Crippen LogP contribution in [0, 0.1) is 18.7 Å². The molecule has 3 aromatic rings. The van der Waals surface area contributed by atoms with E-state index < -0.39 is 0 Å². The molecule has 4 rings (SSSR count). The van der Waals surface area contributed by atoms with Gasteiger partial charge in [-0.15, -0.1) is 0 Å². The number of halogens is 1. The van der Waals surface area contributed by atoms with E-state index in [1.807, 2.05) is 54.4 Å². The molecule has 1 unspecified atom stereocenters. The first-order valence-electron chi connectivity index (χ1n) is 11.2. The summed E-state index contributed by atoms with van der Waals surface area (Å²) in [5.74, 6) is 2.12. The second-order valence-electron chi connectivity index (χ2n) is 8.61. The monoisotopic (exact) mass is 435 g/mol. The summed E-state index contributed by atoms with van der Waals surface area (Å²) < 4.78 is 20.7. The van der Waals surface area contributed by atoms with E-state index in [-0.39, 0.29) is 11.7 Å². The highest BCUT2D eigenvalue weighted by Gasteiger charge is 2.25. The number of nitrogens with zero attached hydrogens (tertiary/aromatic N) is 3. The molecule has 2 heterocycles. The van der Waals surface area contributed by atoms with Gasteiger partial charge < -0.3 is 14.2 Å². The van der Waals surface area contributed by atoms with Crippen molar-refractivity contribution in [2.45, 2.75) is 39.2 Å². The zero-order valence-electron chi connectivity index (χ0n) is 18.8. The number of likely N-dealkylation sites (tertiary alicyclic amines) is 1. The lowest BCUT2D eigenvalue weighted by Crippen LogP contribution is -2.41. The van der Waals surface area contributed by atoms with E-state index in [0.717, 1.165) is 60.7 Å². The van der Waals surface area contributed by atoms with Crippen LogP contribution in [0.2, 0.25) is 0 Å². The molecule has 6 heteroatoms. The molecule has 1 atom stereocenters. The molecule has 0 radical (unpaired) electrons. The number of imidazole rings is 1. The van der Waals surface area contributed by atoms with Gasteiger partial charge in [0.2, 0.25) is 5.91 Å². The summed E-state index contributed by atoms with van der Waals surface area (Å²) in [6.07, 6.45) is 5.21. The molecule has 1 amide bonds. The Morgan fingerprint density at radius 2 is 2.00 bits per heavy atom. The largest absolute Gasteiger partial charge is 0.497 e. The van der Waals surface area contributed by atoms with E-state index in [0.29, 0.717) is 18.9 Å². The van der Waals surface area contributed by atoms with Gasteiger partial charge in [0.1, 0.15) is 17.4 Å². The molecule has 0 bridgehead atoms. The van der Waals surface area contributed by atoms with Gasteiger partial charge in [0, 0.05) is 37.9 Å². The Hall–Kier alpha value is -3.15. The Morgan fingerprint density at radius 1 is 1.19 bits per heavy atom. The average Bonchev–Trinajstić information content (AvgIpc) is 3.14. The van der Waals surface area contributed by atoms with Gasteiger partial charge in [0.25, 0.3) is 0 Å². The molecule has 1 fully saturated rings. The molecule has 5 nitrogen and oxygen atoms in total. The van der Waals surface area contributed by atoms with Crippen LogP contribution in [-0.2, 0) is 24.2 Å². The van der Waals surface area contributed by atoms with Crippen LogP contribution in [0.25, 0.3) is 0 Å². The van der Waals surface area contributed by atoms with Crippen LogP contribution in [0.3, 0.4) is 0 Å². The first kappa shape index (κ1) is 22.1. The van der Waals surface area contributed by atoms with Crippen LogP contribution in [0.15, 0.2) is 54.7 Å². The van der Waals surface area contributed by atoms with Crippen molar-refractivity contribution in [3.63, 3.8) is 0 Å². The SMILES string of the molecule is COc1cccc(CC(=O)N2CCCC(Cc3ncc(C)n3Cc3ccc(F)cc3)C2)c1. The first-order valence-corrected chi connectivity index (χ1v) is 11.2. The maximum absolute atomic E-state index is 13.3. The number of aromatic nitrogens is 2. The van der Waals surface area contributed by atoms with Crippen LogP contribution >= 0.6 is 0 Å². The maximum Gasteiger partial charge on any atom is 0.227 e. The molecule has 1 aromatic heterocycles. The fraction of sp³-hybridized carbons (Fsp3) is 0.385. The zero-order valence-corrected chi connectivity index (χ0v) is 18.8. The van der Waals surface area contributed by atoms with Crippen LogP contribution < -0.4 is 4.74 Å². The minimum absolute atomic E-state index is 0.161. The van der Waals surface area contributed by atoms with Gasteiger partial charge in [-0.3, -0.25) is 4.79 Å². The highest BCUT2D eigenvalue weighted by atomic mass is 19.1. The highest BCUT2D eigenvalue weighted by molar-refractivity contribution is 5.79. The predicted molar refractivity (Wildman–Crippen MR) is 122 cm³/mol. The molecule has 0 N–H and O–H groups in total. The summed E-state index contributed by atoms with van der Waals surface area (Å²) in [6, 6.07) is 14.3. The summed E-state index contributed by atoms with van der Waals surface area (Å²) in [4.78, 5) is 19.6. The minimum atomic E-state index is -0.225. The van der Waals surface area contributed by atoms with Gasteiger partial charge >= 0.3 is 0 Å². The lowest BCUT2D eigenvalue weighted by Gasteiger charge is -2.33. The van der Waals surface area contributed by atoms with Crippen molar-refractivity contribution in [2.75, 3.05) is 20.2 Å². The van der Waals surface area contributed by atoms with Gasteiger partial charge in [-0.2, -0.15) is 0 Å². The second-order valence-corrected chi connectivity index (χ2v) is 8.61. The molecule has 0 spiro atoms. The predicted octanol–water partition coefficient (Wildman–Crippen LogP) is 4.41. The molecule has 1 saturated heterocycles. The molecular weight excluding hydrogens is 405 g/mol.